The molecule has 0 bridgehead atoms. The van der Waals surface area contributed by atoms with Gasteiger partial charge < -0.3 is 9.30 Å². The molecule has 1 aromatic rings. The lowest BCUT2D eigenvalue weighted by Gasteiger charge is -2.07. The molecule has 0 aliphatic rings. The van der Waals surface area contributed by atoms with E-state index in [1.165, 1.54) is 24.0 Å². The highest BCUT2D eigenvalue weighted by molar-refractivity contribution is 7.91. The molecule has 0 N–H and O–H groups in total. The van der Waals surface area contributed by atoms with E-state index in [1.807, 2.05) is 0 Å². The molecule has 104 valence electrons. The number of ether oxygens (including phenoxy) is 1. The third kappa shape index (κ3) is 4.65. The zero-order valence-electron chi connectivity index (χ0n) is 9.64. The van der Waals surface area contributed by atoms with E-state index in [2.05, 4.69) is 9.72 Å². The van der Waals surface area contributed by atoms with Crippen LogP contribution in [0.5, 0.6) is 0 Å². The molecule has 0 spiro atoms. The van der Waals surface area contributed by atoms with Crippen molar-refractivity contribution in [3.8, 4) is 0 Å². The van der Waals surface area contributed by atoms with E-state index >= 15 is 0 Å². The first-order chi connectivity index (χ1) is 8.22. The molecule has 9 heteroatoms. The fraction of sp³-hybridized carbons (Fsp3) is 0.667. The van der Waals surface area contributed by atoms with Crippen LogP contribution in [-0.2, 0) is 21.6 Å². The van der Waals surface area contributed by atoms with Crippen molar-refractivity contribution in [3.05, 3.63) is 12.4 Å². The van der Waals surface area contributed by atoms with Crippen LogP contribution in [0.3, 0.4) is 0 Å². The number of alkyl halides is 3. The predicted octanol–water partition coefficient (Wildman–Crippen LogP) is 1.16. The van der Waals surface area contributed by atoms with Gasteiger partial charge in [-0.1, -0.05) is 0 Å². The molecule has 0 atom stereocenters. The number of aromatic nitrogens is 2. The van der Waals surface area contributed by atoms with E-state index in [1.54, 1.807) is 0 Å². The van der Waals surface area contributed by atoms with E-state index in [9.17, 15) is 21.6 Å². The summed E-state index contributed by atoms with van der Waals surface area (Å²) in [5.74, 6) is -0.296. The maximum Gasteiger partial charge on any atom is 0.411 e. The lowest BCUT2D eigenvalue weighted by molar-refractivity contribution is -0.173. The Bertz CT molecular complexity index is 481. The highest BCUT2D eigenvalue weighted by Crippen LogP contribution is 2.14. The number of hydrogen-bond acceptors (Lipinski definition) is 4. The van der Waals surface area contributed by atoms with Gasteiger partial charge in [0, 0.05) is 26.0 Å². The number of sulfone groups is 1. The lowest BCUT2D eigenvalue weighted by Crippen LogP contribution is -2.19. The molecule has 0 aromatic carbocycles. The highest BCUT2D eigenvalue weighted by Gasteiger charge is 2.27. The van der Waals surface area contributed by atoms with Crippen LogP contribution in [0, 0.1) is 0 Å². The van der Waals surface area contributed by atoms with Crippen molar-refractivity contribution in [1.82, 2.24) is 9.55 Å². The largest absolute Gasteiger partial charge is 0.411 e. The average Bonchev–Trinajstić information content (AvgIpc) is 2.62. The van der Waals surface area contributed by atoms with E-state index in [4.69, 9.17) is 0 Å². The summed E-state index contributed by atoms with van der Waals surface area (Å²) in [6.07, 6.45) is -1.58. The molecular formula is C9H13F3N2O3S. The number of nitrogens with zero attached hydrogens (tertiary/aromatic N) is 2. The number of hydrogen-bond donors (Lipinski definition) is 0. The van der Waals surface area contributed by atoms with Crippen molar-refractivity contribution in [3.63, 3.8) is 0 Å². The minimum atomic E-state index is -4.39. The quantitative estimate of drug-likeness (QED) is 0.736. The minimum Gasteiger partial charge on any atom is -0.372 e. The minimum absolute atomic E-state index is 0.00866. The molecule has 0 fully saturated rings. The van der Waals surface area contributed by atoms with E-state index in [-0.39, 0.29) is 23.9 Å². The zero-order valence-corrected chi connectivity index (χ0v) is 10.5. The van der Waals surface area contributed by atoms with Gasteiger partial charge in [0.2, 0.25) is 15.0 Å². The molecule has 18 heavy (non-hydrogen) atoms. The van der Waals surface area contributed by atoms with Crippen LogP contribution < -0.4 is 0 Å². The summed E-state index contributed by atoms with van der Waals surface area (Å²) < 4.78 is 64.3. The maximum absolute atomic E-state index is 11.7. The summed E-state index contributed by atoms with van der Waals surface area (Å²) in [6, 6.07) is 0. The second kappa shape index (κ2) is 5.70. The molecule has 0 saturated heterocycles. The summed E-state index contributed by atoms with van der Waals surface area (Å²) in [7, 11) is -2.05. The number of rotatable bonds is 6. The van der Waals surface area contributed by atoms with Gasteiger partial charge in [-0.05, 0) is 6.42 Å². The molecule has 1 rings (SSSR count). The summed E-state index contributed by atoms with van der Waals surface area (Å²) >= 11 is 0. The fourth-order valence-electron chi connectivity index (χ4n) is 1.28. The van der Waals surface area contributed by atoms with Gasteiger partial charge >= 0.3 is 6.18 Å². The van der Waals surface area contributed by atoms with Crippen molar-refractivity contribution >= 4 is 9.84 Å². The van der Waals surface area contributed by atoms with Gasteiger partial charge in [0.05, 0.1) is 5.75 Å². The number of imidazole rings is 1. The number of halogens is 3. The van der Waals surface area contributed by atoms with Crippen molar-refractivity contribution in [2.75, 3.05) is 19.0 Å². The van der Waals surface area contributed by atoms with Gasteiger partial charge in [-0.25, -0.2) is 13.4 Å². The predicted molar refractivity (Wildman–Crippen MR) is 56.8 cm³/mol. The Balaban J connectivity index is 2.38. The second-order valence-electron chi connectivity index (χ2n) is 3.66. The SMILES string of the molecule is Cn1ccnc1S(=O)(=O)CCCOCC(F)(F)F. The average molecular weight is 286 g/mol. The fourth-order valence-corrected chi connectivity index (χ4v) is 2.68. The zero-order chi connectivity index (χ0) is 13.8. The van der Waals surface area contributed by atoms with Gasteiger partial charge in [-0.3, -0.25) is 0 Å². The first kappa shape index (κ1) is 15.0. The Kier molecular flexibility index (Phi) is 4.74. The van der Waals surface area contributed by atoms with Crippen molar-refractivity contribution in [2.24, 2.45) is 7.05 Å². The van der Waals surface area contributed by atoms with Gasteiger partial charge in [0.25, 0.3) is 0 Å². The normalized spacial score (nSPS) is 12.9. The van der Waals surface area contributed by atoms with Crippen LogP contribution in [0.25, 0.3) is 0 Å². The van der Waals surface area contributed by atoms with Crippen LogP contribution in [-0.4, -0.2) is 43.1 Å². The third-order valence-electron chi connectivity index (χ3n) is 2.02. The smallest absolute Gasteiger partial charge is 0.372 e. The van der Waals surface area contributed by atoms with Gasteiger partial charge in [-0.2, -0.15) is 13.2 Å². The van der Waals surface area contributed by atoms with Gasteiger partial charge in [0.1, 0.15) is 6.61 Å². The van der Waals surface area contributed by atoms with Gasteiger partial charge in [0.15, 0.2) is 0 Å². The molecule has 1 heterocycles. The Labute approximate surface area is 102 Å². The summed E-state index contributed by atoms with van der Waals surface area (Å²) in [4.78, 5) is 3.68. The van der Waals surface area contributed by atoms with Crippen LogP contribution >= 0.6 is 0 Å². The Morgan fingerprint density at radius 3 is 2.61 bits per heavy atom. The number of aryl methyl sites for hydroxylation is 1. The summed E-state index contributed by atoms with van der Waals surface area (Å²) in [5, 5.41) is -0.0988. The first-order valence-corrected chi connectivity index (χ1v) is 6.72. The molecule has 0 amide bonds. The van der Waals surface area contributed by atoms with E-state index in [0.717, 1.165) is 0 Å². The molecule has 0 aliphatic heterocycles. The van der Waals surface area contributed by atoms with Crippen molar-refractivity contribution in [1.29, 1.82) is 0 Å². The maximum atomic E-state index is 11.7. The molecule has 0 unspecified atom stereocenters. The first-order valence-electron chi connectivity index (χ1n) is 5.07. The van der Waals surface area contributed by atoms with E-state index in [0.29, 0.717) is 0 Å². The standard InChI is InChI=1S/C9H13F3N2O3S/c1-14-4-3-13-8(14)18(15,16)6-2-5-17-7-9(10,11)12/h3-4H,2,5-7H2,1H3. The lowest BCUT2D eigenvalue weighted by atomic mass is 10.5. The van der Waals surface area contributed by atoms with Crippen LogP contribution in [0.15, 0.2) is 17.6 Å². The summed E-state index contributed by atoms with van der Waals surface area (Å²) in [5.41, 5.74) is 0. The monoisotopic (exact) mass is 286 g/mol. The van der Waals surface area contributed by atoms with Crippen molar-refractivity contribution < 1.29 is 26.3 Å². The molecule has 0 aliphatic carbocycles. The molecular weight excluding hydrogens is 273 g/mol. The van der Waals surface area contributed by atoms with Crippen LogP contribution in [0.1, 0.15) is 6.42 Å². The summed E-state index contributed by atoms with van der Waals surface area (Å²) in [6.45, 7) is -1.63. The Morgan fingerprint density at radius 1 is 1.44 bits per heavy atom. The second-order valence-corrected chi connectivity index (χ2v) is 5.66. The van der Waals surface area contributed by atoms with Crippen molar-refractivity contribution in [2.45, 2.75) is 17.8 Å². The Morgan fingerprint density at radius 2 is 2.11 bits per heavy atom. The molecule has 0 saturated carbocycles. The highest BCUT2D eigenvalue weighted by atomic mass is 32.2. The van der Waals surface area contributed by atoms with Crippen LogP contribution in [0.4, 0.5) is 13.2 Å². The van der Waals surface area contributed by atoms with E-state index < -0.39 is 22.6 Å². The third-order valence-corrected chi connectivity index (χ3v) is 3.80. The molecule has 1 aromatic heterocycles. The molecule has 5 nitrogen and oxygen atoms in total. The molecule has 0 radical (unpaired) electrons. The Hall–Kier alpha value is -1.09. The van der Waals surface area contributed by atoms with Crippen LogP contribution in [0.2, 0.25) is 0 Å². The van der Waals surface area contributed by atoms with Gasteiger partial charge in [-0.15, -0.1) is 0 Å². The topological polar surface area (TPSA) is 61.2 Å².